The molecule has 2 rings (SSSR count). The summed E-state index contributed by atoms with van der Waals surface area (Å²) in [7, 11) is 2.05. The Morgan fingerprint density at radius 3 is 2.06 bits per heavy atom. The quantitative estimate of drug-likeness (QED) is 0.594. The van der Waals surface area contributed by atoms with E-state index in [9.17, 15) is 0 Å². The molecule has 0 aliphatic carbocycles. The van der Waals surface area contributed by atoms with E-state index in [4.69, 9.17) is 0 Å². The van der Waals surface area contributed by atoms with E-state index < -0.39 is 0 Å². The molecule has 0 unspecified atom stereocenters. The maximum atomic E-state index is 2.22. The van der Waals surface area contributed by atoms with Crippen LogP contribution in [0.5, 0.6) is 0 Å². The molecule has 0 saturated heterocycles. The Morgan fingerprint density at radius 1 is 0.875 bits per heavy atom. The van der Waals surface area contributed by atoms with Crippen LogP contribution in [0.25, 0.3) is 0 Å². The SMILES string of the molecule is C[n+]1ccc(C[Se]Cc2ccccc2)cc1. The van der Waals surface area contributed by atoms with Crippen LogP contribution in [0, 0.1) is 0 Å². The molecule has 0 saturated carbocycles. The summed E-state index contributed by atoms with van der Waals surface area (Å²) in [6, 6.07) is 15.2. The van der Waals surface area contributed by atoms with Crippen LogP contribution in [0.1, 0.15) is 11.1 Å². The molecule has 0 aliphatic heterocycles. The molecule has 0 fully saturated rings. The molecular weight excluding hydrogens is 261 g/mol. The first kappa shape index (κ1) is 11.4. The minimum atomic E-state index is 0.668. The van der Waals surface area contributed by atoms with E-state index in [1.54, 1.807) is 0 Å². The Kier molecular flexibility index (Phi) is 4.15. The van der Waals surface area contributed by atoms with Crippen LogP contribution in [0.3, 0.4) is 0 Å². The molecule has 0 radical (unpaired) electrons. The molecule has 0 N–H and O–H groups in total. The Labute approximate surface area is 103 Å². The summed E-state index contributed by atoms with van der Waals surface area (Å²) in [4.78, 5) is 0. The Balaban J connectivity index is 1.82. The molecule has 82 valence electrons. The third-order valence-electron chi connectivity index (χ3n) is 2.43. The first-order valence-electron chi connectivity index (χ1n) is 5.40. The molecule has 0 aliphatic rings. The van der Waals surface area contributed by atoms with Gasteiger partial charge in [-0.25, -0.2) is 0 Å². The third-order valence-corrected chi connectivity index (χ3v) is 4.68. The van der Waals surface area contributed by atoms with Gasteiger partial charge in [-0.05, 0) is 0 Å². The molecule has 1 aromatic heterocycles. The van der Waals surface area contributed by atoms with Gasteiger partial charge < -0.3 is 0 Å². The fourth-order valence-corrected chi connectivity index (χ4v) is 3.50. The number of rotatable bonds is 4. The number of pyridine rings is 1. The Hall–Kier alpha value is -1.11. The van der Waals surface area contributed by atoms with E-state index in [0.29, 0.717) is 15.0 Å². The number of hydrogen-bond acceptors (Lipinski definition) is 0. The molecule has 1 aromatic carbocycles. The molecule has 0 spiro atoms. The first-order valence-corrected chi connectivity index (χ1v) is 7.83. The van der Waals surface area contributed by atoms with Gasteiger partial charge in [0.05, 0.1) is 0 Å². The van der Waals surface area contributed by atoms with Crippen LogP contribution in [-0.2, 0) is 17.7 Å². The minimum absolute atomic E-state index is 0.668. The average Bonchev–Trinajstić information content (AvgIpc) is 2.33. The van der Waals surface area contributed by atoms with Crippen LogP contribution in [0.4, 0.5) is 0 Å². The molecule has 2 heteroatoms. The molecule has 1 heterocycles. The van der Waals surface area contributed by atoms with Crippen molar-refractivity contribution in [3.63, 3.8) is 0 Å². The average molecular weight is 277 g/mol. The van der Waals surface area contributed by atoms with Gasteiger partial charge >= 0.3 is 103 Å². The van der Waals surface area contributed by atoms with Gasteiger partial charge in [-0.3, -0.25) is 0 Å². The Bertz CT molecular complexity index is 422. The van der Waals surface area contributed by atoms with E-state index in [1.807, 2.05) is 0 Å². The van der Waals surface area contributed by atoms with E-state index in [1.165, 1.54) is 21.8 Å². The third kappa shape index (κ3) is 3.48. The standard InChI is InChI=1S/C14H16NSe/c1-15-9-7-14(8-10-15)12-16-11-13-5-3-2-4-6-13/h2-10H,11-12H2,1H3/q+1. The number of nitrogens with zero attached hydrogens (tertiary/aromatic N) is 1. The van der Waals surface area contributed by atoms with Crippen molar-refractivity contribution in [2.45, 2.75) is 10.6 Å². The monoisotopic (exact) mass is 278 g/mol. The van der Waals surface area contributed by atoms with Crippen molar-refractivity contribution in [3.05, 3.63) is 66.0 Å². The van der Waals surface area contributed by atoms with Crippen LogP contribution in [0.15, 0.2) is 54.9 Å². The van der Waals surface area contributed by atoms with Crippen molar-refractivity contribution >= 4 is 15.0 Å². The summed E-state index contributed by atoms with van der Waals surface area (Å²) < 4.78 is 2.08. The van der Waals surface area contributed by atoms with E-state index in [-0.39, 0.29) is 0 Å². The van der Waals surface area contributed by atoms with E-state index >= 15 is 0 Å². The van der Waals surface area contributed by atoms with Crippen LogP contribution in [-0.4, -0.2) is 15.0 Å². The number of benzene rings is 1. The topological polar surface area (TPSA) is 3.88 Å². The summed E-state index contributed by atoms with van der Waals surface area (Å²) in [6.07, 6.45) is 4.24. The van der Waals surface area contributed by atoms with Gasteiger partial charge in [0.1, 0.15) is 0 Å². The Morgan fingerprint density at radius 2 is 1.44 bits per heavy atom. The van der Waals surface area contributed by atoms with Gasteiger partial charge in [0.25, 0.3) is 0 Å². The van der Waals surface area contributed by atoms with Gasteiger partial charge in [0, 0.05) is 0 Å². The van der Waals surface area contributed by atoms with Crippen molar-refractivity contribution < 1.29 is 4.57 Å². The fraction of sp³-hybridized carbons (Fsp3) is 0.214. The second-order valence-corrected chi connectivity index (χ2v) is 5.92. The summed E-state index contributed by atoms with van der Waals surface area (Å²) in [5.41, 5.74) is 2.91. The van der Waals surface area contributed by atoms with E-state index in [0.717, 1.165) is 0 Å². The second-order valence-electron chi connectivity index (χ2n) is 3.85. The zero-order valence-electron chi connectivity index (χ0n) is 9.47. The summed E-state index contributed by atoms with van der Waals surface area (Å²) in [5.74, 6) is 0. The number of aryl methyl sites for hydroxylation is 1. The number of aromatic nitrogens is 1. The zero-order chi connectivity index (χ0) is 11.2. The van der Waals surface area contributed by atoms with Crippen molar-refractivity contribution in [1.82, 2.24) is 0 Å². The van der Waals surface area contributed by atoms with Crippen LogP contribution < -0.4 is 4.57 Å². The summed E-state index contributed by atoms with van der Waals surface area (Å²) in [6.45, 7) is 0. The zero-order valence-corrected chi connectivity index (χ0v) is 11.2. The van der Waals surface area contributed by atoms with Crippen molar-refractivity contribution in [2.24, 2.45) is 7.05 Å². The van der Waals surface area contributed by atoms with Crippen LogP contribution in [0.2, 0.25) is 0 Å². The van der Waals surface area contributed by atoms with E-state index in [2.05, 4.69) is 66.5 Å². The predicted octanol–water partition coefficient (Wildman–Crippen LogP) is 1.92. The molecule has 0 bridgehead atoms. The van der Waals surface area contributed by atoms with Gasteiger partial charge in [0.15, 0.2) is 0 Å². The summed E-state index contributed by atoms with van der Waals surface area (Å²) >= 11 is 0.668. The van der Waals surface area contributed by atoms with Gasteiger partial charge in [0.2, 0.25) is 0 Å². The van der Waals surface area contributed by atoms with Crippen LogP contribution >= 0.6 is 0 Å². The maximum absolute atomic E-state index is 2.22. The molecule has 1 nitrogen and oxygen atoms in total. The molecule has 0 atom stereocenters. The first-order chi connectivity index (χ1) is 7.84. The van der Waals surface area contributed by atoms with Crippen molar-refractivity contribution in [1.29, 1.82) is 0 Å². The molecule has 16 heavy (non-hydrogen) atoms. The number of hydrogen-bond donors (Lipinski definition) is 0. The normalized spacial score (nSPS) is 10.3. The molecular formula is C14H16NSe+. The van der Waals surface area contributed by atoms with Gasteiger partial charge in [-0.1, -0.05) is 0 Å². The van der Waals surface area contributed by atoms with Crippen molar-refractivity contribution in [3.8, 4) is 0 Å². The molecule has 0 amide bonds. The predicted molar refractivity (Wildman–Crippen MR) is 67.2 cm³/mol. The van der Waals surface area contributed by atoms with Gasteiger partial charge in [-0.15, -0.1) is 0 Å². The fourth-order valence-electron chi connectivity index (χ4n) is 1.49. The molecule has 2 aromatic rings. The summed E-state index contributed by atoms with van der Waals surface area (Å²) in [5, 5.41) is 2.46. The van der Waals surface area contributed by atoms with Gasteiger partial charge in [-0.2, -0.15) is 0 Å². The second kappa shape index (κ2) is 5.83. The van der Waals surface area contributed by atoms with Crippen molar-refractivity contribution in [2.75, 3.05) is 0 Å².